The molecular formula is C17H18ClN. The Bertz CT molecular complexity index is 538. The molecule has 1 N–H and O–H groups in total. The second-order valence-corrected chi connectivity index (χ2v) is 5.61. The Balaban J connectivity index is 1.93. The number of piperidine rings is 1. The molecule has 2 unspecified atom stereocenters. The third-order valence-electron chi connectivity index (χ3n) is 3.99. The summed E-state index contributed by atoms with van der Waals surface area (Å²) in [6.45, 7) is 2.12. The Morgan fingerprint density at radius 3 is 2.47 bits per heavy atom. The first-order valence-corrected chi connectivity index (χ1v) is 7.23. The summed E-state index contributed by atoms with van der Waals surface area (Å²) in [6.07, 6.45) is 1.18. The van der Waals surface area contributed by atoms with Crippen LogP contribution in [0.2, 0.25) is 5.02 Å². The fourth-order valence-electron chi connectivity index (χ4n) is 3.05. The van der Waals surface area contributed by atoms with Gasteiger partial charge < -0.3 is 5.32 Å². The van der Waals surface area contributed by atoms with Crippen molar-refractivity contribution in [2.75, 3.05) is 13.1 Å². The highest BCUT2D eigenvalue weighted by Crippen LogP contribution is 2.37. The maximum absolute atomic E-state index is 6.14. The summed E-state index contributed by atoms with van der Waals surface area (Å²) in [7, 11) is 0. The van der Waals surface area contributed by atoms with Gasteiger partial charge in [-0.1, -0.05) is 54.1 Å². The number of hydrogen-bond donors (Lipinski definition) is 1. The van der Waals surface area contributed by atoms with E-state index in [1.807, 2.05) is 12.1 Å². The summed E-state index contributed by atoms with van der Waals surface area (Å²) in [5, 5.41) is 4.34. The first kappa shape index (κ1) is 12.7. The second-order valence-electron chi connectivity index (χ2n) is 5.17. The average Bonchev–Trinajstić information content (AvgIpc) is 2.48. The van der Waals surface area contributed by atoms with Crippen LogP contribution in [0.1, 0.15) is 29.4 Å². The fraction of sp³-hybridized carbons (Fsp3) is 0.294. The van der Waals surface area contributed by atoms with Gasteiger partial charge in [0.15, 0.2) is 0 Å². The molecule has 2 atom stereocenters. The first-order valence-electron chi connectivity index (χ1n) is 6.86. The van der Waals surface area contributed by atoms with Gasteiger partial charge in [0.25, 0.3) is 0 Å². The van der Waals surface area contributed by atoms with E-state index in [0.29, 0.717) is 11.8 Å². The van der Waals surface area contributed by atoms with Gasteiger partial charge in [0, 0.05) is 17.5 Å². The van der Waals surface area contributed by atoms with E-state index in [9.17, 15) is 0 Å². The third kappa shape index (κ3) is 2.83. The van der Waals surface area contributed by atoms with Gasteiger partial charge in [0.2, 0.25) is 0 Å². The molecule has 0 bridgehead atoms. The SMILES string of the molecule is Clc1cccc(C2CNCCC2c2ccccc2)c1. The number of benzene rings is 2. The molecule has 19 heavy (non-hydrogen) atoms. The summed E-state index contributed by atoms with van der Waals surface area (Å²) in [4.78, 5) is 0. The lowest BCUT2D eigenvalue weighted by atomic mass is 9.77. The lowest BCUT2D eigenvalue weighted by Gasteiger charge is -2.33. The van der Waals surface area contributed by atoms with Crippen molar-refractivity contribution >= 4 is 11.6 Å². The number of hydrogen-bond acceptors (Lipinski definition) is 1. The highest BCUT2D eigenvalue weighted by Gasteiger charge is 2.27. The van der Waals surface area contributed by atoms with E-state index in [1.54, 1.807) is 0 Å². The van der Waals surface area contributed by atoms with Gasteiger partial charge in [-0.15, -0.1) is 0 Å². The van der Waals surface area contributed by atoms with Gasteiger partial charge >= 0.3 is 0 Å². The molecule has 98 valence electrons. The van der Waals surface area contributed by atoms with Crippen molar-refractivity contribution in [2.45, 2.75) is 18.3 Å². The Kier molecular flexibility index (Phi) is 3.86. The first-order chi connectivity index (χ1) is 9.34. The van der Waals surface area contributed by atoms with Gasteiger partial charge in [-0.05, 0) is 42.1 Å². The Labute approximate surface area is 119 Å². The molecule has 0 saturated carbocycles. The molecule has 2 heteroatoms. The molecule has 0 spiro atoms. The molecule has 1 nitrogen and oxygen atoms in total. The summed E-state index contributed by atoms with van der Waals surface area (Å²) < 4.78 is 0. The molecule has 0 aliphatic carbocycles. The lowest BCUT2D eigenvalue weighted by molar-refractivity contribution is 0.404. The minimum atomic E-state index is 0.509. The molecule has 0 amide bonds. The van der Waals surface area contributed by atoms with Crippen LogP contribution in [0, 0.1) is 0 Å². The zero-order chi connectivity index (χ0) is 13.1. The molecule has 0 radical (unpaired) electrons. The maximum Gasteiger partial charge on any atom is 0.0408 e. The smallest absolute Gasteiger partial charge is 0.0408 e. The van der Waals surface area contributed by atoms with Gasteiger partial charge in [-0.2, -0.15) is 0 Å². The molecule has 1 aliphatic heterocycles. The molecular weight excluding hydrogens is 254 g/mol. The van der Waals surface area contributed by atoms with Gasteiger partial charge in [0.1, 0.15) is 0 Å². The zero-order valence-corrected chi connectivity index (χ0v) is 11.6. The van der Waals surface area contributed by atoms with Crippen LogP contribution < -0.4 is 5.32 Å². The van der Waals surface area contributed by atoms with Crippen molar-refractivity contribution in [2.24, 2.45) is 0 Å². The van der Waals surface area contributed by atoms with Crippen molar-refractivity contribution < 1.29 is 0 Å². The molecule has 1 aliphatic rings. The number of halogens is 1. The Morgan fingerprint density at radius 1 is 0.895 bits per heavy atom. The van der Waals surface area contributed by atoms with Crippen LogP contribution in [0.5, 0.6) is 0 Å². The summed E-state index contributed by atoms with van der Waals surface area (Å²) >= 11 is 6.14. The van der Waals surface area contributed by atoms with E-state index in [2.05, 4.69) is 47.8 Å². The second kappa shape index (κ2) is 5.77. The van der Waals surface area contributed by atoms with Crippen molar-refractivity contribution in [3.8, 4) is 0 Å². The van der Waals surface area contributed by atoms with Gasteiger partial charge in [-0.3, -0.25) is 0 Å². The van der Waals surface area contributed by atoms with Gasteiger partial charge in [-0.25, -0.2) is 0 Å². The largest absolute Gasteiger partial charge is 0.316 e. The fourth-order valence-corrected chi connectivity index (χ4v) is 3.24. The van der Waals surface area contributed by atoms with Crippen LogP contribution in [-0.2, 0) is 0 Å². The molecule has 3 rings (SSSR count). The third-order valence-corrected chi connectivity index (χ3v) is 4.22. The van der Waals surface area contributed by atoms with Crippen LogP contribution >= 0.6 is 11.6 Å². The number of rotatable bonds is 2. The van der Waals surface area contributed by atoms with Crippen molar-refractivity contribution in [1.29, 1.82) is 0 Å². The highest BCUT2D eigenvalue weighted by atomic mass is 35.5. The summed E-state index contributed by atoms with van der Waals surface area (Å²) in [6, 6.07) is 19.1. The van der Waals surface area contributed by atoms with Crippen molar-refractivity contribution in [3.05, 3.63) is 70.7 Å². The van der Waals surface area contributed by atoms with E-state index < -0.39 is 0 Å². The van der Waals surface area contributed by atoms with Crippen LogP contribution in [0.25, 0.3) is 0 Å². The topological polar surface area (TPSA) is 12.0 Å². The summed E-state index contributed by atoms with van der Waals surface area (Å²) in [5.74, 6) is 1.09. The van der Waals surface area contributed by atoms with Crippen LogP contribution in [0.3, 0.4) is 0 Å². The van der Waals surface area contributed by atoms with Crippen molar-refractivity contribution in [1.82, 2.24) is 5.32 Å². The summed E-state index contributed by atoms with van der Waals surface area (Å²) in [5.41, 5.74) is 2.78. The minimum Gasteiger partial charge on any atom is -0.316 e. The normalized spacial score (nSPS) is 23.2. The van der Waals surface area contributed by atoms with Crippen LogP contribution in [0.4, 0.5) is 0 Å². The molecule has 1 fully saturated rings. The molecule has 1 heterocycles. The molecule has 0 aromatic heterocycles. The average molecular weight is 272 g/mol. The van der Waals surface area contributed by atoms with Crippen LogP contribution in [0.15, 0.2) is 54.6 Å². The van der Waals surface area contributed by atoms with Crippen molar-refractivity contribution in [3.63, 3.8) is 0 Å². The Hall–Kier alpha value is -1.31. The van der Waals surface area contributed by atoms with E-state index in [-0.39, 0.29) is 0 Å². The zero-order valence-electron chi connectivity index (χ0n) is 10.9. The standard InChI is InChI=1S/C17H18ClN/c18-15-8-4-7-14(11-15)17-12-19-10-9-16(17)13-5-2-1-3-6-13/h1-8,11,16-17,19H,9-10,12H2. The predicted octanol–water partition coefficient (Wildman–Crippen LogP) is 4.20. The maximum atomic E-state index is 6.14. The monoisotopic (exact) mass is 271 g/mol. The van der Waals surface area contributed by atoms with E-state index in [4.69, 9.17) is 11.6 Å². The molecule has 2 aromatic rings. The minimum absolute atomic E-state index is 0.509. The van der Waals surface area contributed by atoms with E-state index >= 15 is 0 Å². The molecule has 1 saturated heterocycles. The van der Waals surface area contributed by atoms with E-state index in [1.165, 1.54) is 17.5 Å². The number of nitrogens with one attached hydrogen (secondary N) is 1. The van der Waals surface area contributed by atoms with Crippen LogP contribution in [-0.4, -0.2) is 13.1 Å². The Morgan fingerprint density at radius 2 is 1.68 bits per heavy atom. The predicted molar refractivity (Wildman–Crippen MR) is 80.9 cm³/mol. The van der Waals surface area contributed by atoms with E-state index in [0.717, 1.165) is 18.1 Å². The highest BCUT2D eigenvalue weighted by molar-refractivity contribution is 6.30. The lowest BCUT2D eigenvalue weighted by Crippen LogP contribution is -2.34. The quantitative estimate of drug-likeness (QED) is 0.863. The van der Waals surface area contributed by atoms with Gasteiger partial charge in [0.05, 0.1) is 0 Å². The molecule has 2 aromatic carbocycles.